The molecular weight excluding hydrogens is 295 g/mol. The van der Waals surface area contributed by atoms with Crippen LogP contribution in [0.25, 0.3) is 0 Å². The second kappa shape index (κ2) is 6.20. The number of methoxy groups -OCH3 is 1. The monoisotopic (exact) mass is 312 g/mol. The zero-order valence-corrected chi connectivity index (χ0v) is 13.0. The molecule has 0 aromatic heterocycles. The number of hydrogen-bond donors (Lipinski definition) is 0. The maximum absolute atomic E-state index is 13.1. The van der Waals surface area contributed by atoms with Gasteiger partial charge < -0.3 is 4.74 Å². The highest BCUT2D eigenvalue weighted by Crippen LogP contribution is 2.33. The van der Waals surface area contributed by atoms with Gasteiger partial charge in [0.2, 0.25) is 5.91 Å². The van der Waals surface area contributed by atoms with E-state index >= 15 is 0 Å². The normalized spacial score (nSPS) is 17.1. The van der Waals surface area contributed by atoms with E-state index in [0.29, 0.717) is 6.42 Å². The van der Waals surface area contributed by atoms with Crippen molar-refractivity contribution in [1.29, 1.82) is 0 Å². The number of halogens is 1. The predicted molar refractivity (Wildman–Crippen MR) is 85.8 cm³/mol. The lowest BCUT2D eigenvalue weighted by molar-refractivity contribution is -0.130. The number of amides is 1. The molecule has 0 unspecified atom stereocenters. The lowest BCUT2D eigenvalue weighted by Crippen LogP contribution is -2.24. The number of rotatable bonds is 3. The summed E-state index contributed by atoms with van der Waals surface area (Å²) in [5.74, 6) is 0.339. The minimum atomic E-state index is -0.294. The molecule has 0 bridgehead atoms. The molecule has 1 amide bonds. The average molecular weight is 312 g/mol. The molecule has 3 rings (SSSR count). The Morgan fingerprint density at radius 2 is 1.83 bits per heavy atom. The number of carbonyl (C=O) groups excluding carboxylic acids is 1. The number of hydrogen-bond acceptors (Lipinski definition) is 3. The van der Waals surface area contributed by atoms with Gasteiger partial charge in [-0.05, 0) is 47.5 Å². The van der Waals surface area contributed by atoms with Crippen molar-refractivity contribution >= 4 is 11.6 Å². The summed E-state index contributed by atoms with van der Waals surface area (Å²) < 4.78 is 18.3. The van der Waals surface area contributed by atoms with Crippen LogP contribution in [0.4, 0.5) is 4.39 Å². The molecule has 0 spiro atoms. The van der Waals surface area contributed by atoms with Crippen LogP contribution in [0.15, 0.2) is 53.6 Å². The predicted octanol–water partition coefficient (Wildman–Crippen LogP) is 3.53. The number of carbonyl (C=O) groups is 1. The first-order valence-electron chi connectivity index (χ1n) is 7.35. The van der Waals surface area contributed by atoms with Gasteiger partial charge in [-0.1, -0.05) is 12.1 Å². The first kappa shape index (κ1) is 15.2. The molecule has 2 aromatic rings. The molecule has 2 aromatic carbocycles. The Kier molecular flexibility index (Phi) is 4.10. The van der Waals surface area contributed by atoms with Crippen LogP contribution >= 0.6 is 0 Å². The van der Waals surface area contributed by atoms with Crippen LogP contribution < -0.4 is 4.74 Å². The second-order valence-corrected chi connectivity index (χ2v) is 5.41. The van der Waals surface area contributed by atoms with Gasteiger partial charge in [0.25, 0.3) is 0 Å². The van der Waals surface area contributed by atoms with Gasteiger partial charge >= 0.3 is 0 Å². The molecule has 1 aliphatic heterocycles. The van der Waals surface area contributed by atoms with Gasteiger partial charge in [0.15, 0.2) is 0 Å². The minimum Gasteiger partial charge on any atom is -0.497 e. The van der Waals surface area contributed by atoms with Crippen LogP contribution in [0.5, 0.6) is 5.75 Å². The van der Waals surface area contributed by atoms with E-state index < -0.39 is 0 Å². The minimum absolute atomic E-state index is 0.136. The van der Waals surface area contributed by atoms with E-state index in [0.717, 1.165) is 22.6 Å². The molecule has 0 aliphatic carbocycles. The van der Waals surface area contributed by atoms with Crippen molar-refractivity contribution in [2.24, 2.45) is 5.10 Å². The van der Waals surface area contributed by atoms with E-state index in [2.05, 4.69) is 5.10 Å². The Bertz CT molecular complexity index is 739. The molecule has 0 radical (unpaired) electrons. The van der Waals surface area contributed by atoms with E-state index in [1.807, 2.05) is 24.3 Å². The van der Waals surface area contributed by atoms with Gasteiger partial charge in [0.05, 0.1) is 18.9 Å². The fourth-order valence-electron chi connectivity index (χ4n) is 2.70. The summed E-state index contributed by atoms with van der Waals surface area (Å²) in [5.41, 5.74) is 2.65. The van der Waals surface area contributed by atoms with Gasteiger partial charge in [-0.25, -0.2) is 9.40 Å². The SMILES string of the molecule is COc1ccc(C2=NN(C(C)=O)[C@H](c3ccc(F)cc3)C2)cc1. The van der Waals surface area contributed by atoms with Crippen molar-refractivity contribution in [1.82, 2.24) is 5.01 Å². The fraction of sp³-hybridized carbons (Fsp3) is 0.222. The summed E-state index contributed by atoms with van der Waals surface area (Å²) in [4.78, 5) is 11.9. The Morgan fingerprint density at radius 3 is 2.39 bits per heavy atom. The van der Waals surface area contributed by atoms with Crippen molar-refractivity contribution < 1.29 is 13.9 Å². The number of hydrazone groups is 1. The van der Waals surface area contributed by atoms with Crippen LogP contribution in [0, 0.1) is 5.82 Å². The van der Waals surface area contributed by atoms with E-state index in [9.17, 15) is 9.18 Å². The van der Waals surface area contributed by atoms with Crippen molar-refractivity contribution in [3.8, 4) is 5.75 Å². The first-order chi connectivity index (χ1) is 11.1. The zero-order valence-electron chi connectivity index (χ0n) is 13.0. The molecule has 0 saturated carbocycles. The molecule has 23 heavy (non-hydrogen) atoms. The van der Waals surface area contributed by atoms with Gasteiger partial charge in [-0.3, -0.25) is 4.79 Å². The second-order valence-electron chi connectivity index (χ2n) is 5.41. The summed E-state index contributed by atoms with van der Waals surface area (Å²) in [5, 5.41) is 5.92. The smallest absolute Gasteiger partial charge is 0.240 e. The number of ether oxygens (including phenoxy) is 1. The average Bonchev–Trinajstić information content (AvgIpc) is 3.01. The molecule has 0 fully saturated rings. The number of nitrogens with zero attached hydrogens (tertiary/aromatic N) is 2. The molecule has 1 heterocycles. The third-order valence-electron chi connectivity index (χ3n) is 3.91. The Balaban J connectivity index is 1.90. The Morgan fingerprint density at radius 1 is 1.17 bits per heavy atom. The van der Waals surface area contributed by atoms with E-state index in [1.165, 1.54) is 24.1 Å². The van der Waals surface area contributed by atoms with Gasteiger partial charge in [0.1, 0.15) is 11.6 Å². The Hall–Kier alpha value is -2.69. The van der Waals surface area contributed by atoms with Crippen LogP contribution in [0.1, 0.15) is 30.5 Å². The summed E-state index contributed by atoms with van der Waals surface area (Å²) in [6, 6.07) is 13.6. The topological polar surface area (TPSA) is 41.9 Å². The third kappa shape index (κ3) is 3.08. The molecule has 0 saturated heterocycles. The quantitative estimate of drug-likeness (QED) is 0.870. The van der Waals surface area contributed by atoms with Crippen molar-refractivity contribution in [3.05, 3.63) is 65.5 Å². The van der Waals surface area contributed by atoms with Crippen LogP contribution in [0.3, 0.4) is 0 Å². The Labute approximate surface area is 134 Å². The highest BCUT2D eigenvalue weighted by molar-refractivity contribution is 6.03. The van der Waals surface area contributed by atoms with Crippen molar-refractivity contribution in [2.45, 2.75) is 19.4 Å². The maximum Gasteiger partial charge on any atom is 0.240 e. The molecule has 118 valence electrons. The van der Waals surface area contributed by atoms with E-state index in [-0.39, 0.29) is 17.8 Å². The fourth-order valence-corrected chi connectivity index (χ4v) is 2.70. The standard InChI is InChI=1S/C18H17FN2O2/c1-12(22)21-18(14-3-7-15(19)8-4-14)11-17(20-21)13-5-9-16(23-2)10-6-13/h3-10,18H,11H2,1-2H3/t18-/m0/s1. The molecule has 4 nitrogen and oxygen atoms in total. The number of benzene rings is 2. The van der Waals surface area contributed by atoms with Gasteiger partial charge in [-0.15, -0.1) is 0 Å². The van der Waals surface area contributed by atoms with Crippen LogP contribution in [0.2, 0.25) is 0 Å². The van der Waals surface area contributed by atoms with Gasteiger partial charge in [-0.2, -0.15) is 5.10 Å². The van der Waals surface area contributed by atoms with Gasteiger partial charge in [0, 0.05) is 13.3 Å². The van der Waals surface area contributed by atoms with Crippen molar-refractivity contribution in [2.75, 3.05) is 7.11 Å². The zero-order chi connectivity index (χ0) is 16.4. The first-order valence-corrected chi connectivity index (χ1v) is 7.35. The molecule has 5 heteroatoms. The van der Waals surface area contributed by atoms with Crippen LogP contribution in [-0.4, -0.2) is 23.7 Å². The van der Waals surface area contributed by atoms with E-state index in [4.69, 9.17) is 4.74 Å². The summed E-state index contributed by atoms with van der Waals surface area (Å²) >= 11 is 0. The lowest BCUT2D eigenvalue weighted by Gasteiger charge is -2.20. The summed E-state index contributed by atoms with van der Waals surface area (Å²) in [6.07, 6.45) is 0.595. The lowest BCUT2D eigenvalue weighted by atomic mass is 9.98. The van der Waals surface area contributed by atoms with Crippen LogP contribution in [-0.2, 0) is 4.79 Å². The molecule has 1 aliphatic rings. The maximum atomic E-state index is 13.1. The van der Waals surface area contributed by atoms with Crippen molar-refractivity contribution in [3.63, 3.8) is 0 Å². The molecular formula is C18H17FN2O2. The molecule has 1 atom stereocenters. The summed E-state index contributed by atoms with van der Waals surface area (Å²) in [7, 11) is 1.62. The third-order valence-corrected chi connectivity index (χ3v) is 3.91. The van der Waals surface area contributed by atoms with E-state index in [1.54, 1.807) is 19.2 Å². The summed E-state index contributed by atoms with van der Waals surface area (Å²) in [6.45, 7) is 1.48. The highest BCUT2D eigenvalue weighted by atomic mass is 19.1. The highest BCUT2D eigenvalue weighted by Gasteiger charge is 2.31. The molecule has 0 N–H and O–H groups in total. The largest absolute Gasteiger partial charge is 0.497 e.